The first kappa shape index (κ1) is 13.3. The Hall–Kier alpha value is -0.670. The number of thioether (sulfide) groups is 1. The molecule has 2 nitrogen and oxygen atoms in total. The summed E-state index contributed by atoms with van der Waals surface area (Å²) in [5.41, 5.74) is 9.33. The van der Waals surface area contributed by atoms with Crippen molar-refractivity contribution in [1.82, 2.24) is 0 Å². The van der Waals surface area contributed by atoms with Crippen molar-refractivity contribution in [2.75, 3.05) is 23.7 Å². The zero-order valence-corrected chi connectivity index (χ0v) is 12.7. The van der Waals surface area contributed by atoms with Gasteiger partial charge in [-0.2, -0.15) is 11.8 Å². The van der Waals surface area contributed by atoms with E-state index in [-0.39, 0.29) is 5.54 Å². The standard InChI is InChI=1S/C16H24N2S/c1-12-9-14-5-3-4-6-15(14)18(10-12)16(11-17)7-8-19-13(16)2/h3-6,12-13H,7-11,17H2,1-2H3. The first-order valence-corrected chi connectivity index (χ1v) is 8.39. The molecule has 3 heteroatoms. The lowest BCUT2D eigenvalue weighted by Gasteiger charge is -2.49. The number of hydrogen-bond donors (Lipinski definition) is 1. The molecule has 104 valence electrons. The van der Waals surface area contributed by atoms with Crippen LogP contribution < -0.4 is 10.6 Å². The molecule has 1 fully saturated rings. The Balaban J connectivity index is 2.04. The summed E-state index contributed by atoms with van der Waals surface area (Å²) in [5.74, 6) is 1.96. The van der Waals surface area contributed by atoms with Gasteiger partial charge in [0.15, 0.2) is 0 Å². The Labute approximate surface area is 120 Å². The van der Waals surface area contributed by atoms with Gasteiger partial charge in [0.1, 0.15) is 0 Å². The fourth-order valence-corrected chi connectivity index (χ4v) is 5.20. The molecule has 2 aliphatic heterocycles. The molecule has 1 aromatic carbocycles. The second kappa shape index (κ2) is 5.02. The van der Waals surface area contributed by atoms with Gasteiger partial charge in [0.2, 0.25) is 0 Å². The molecular formula is C16H24N2S. The molecule has 19 heavy (non-hydrogen) atoms. The second-order valence-electron chi connectivity index (χ2n) is 6.12. The van der Waals surface area contributed by atoms with E-state index in [1.807, 2.05) is 0 Å². The van der Waals surface area contributed by atoms with Crippen LogP contribution in [0.5, 0.6) is 0 Å². The molecule has 3 rings (SSSR count). The van der Waals surface area contributed by atoms with E-state index < -0.39 is 0 Å². The van der Waals surface area contributed by atoms with E-state index in [0.717, 1.165) is 19.0 Å². The lowest BCUT2D eigenvalue weighted by atomic mass is 9.84. The zero-order valence-electron chi connectivity index (χ0n) is 11.9. The highest BCUT2D eigenvalue weighted by atomic mass is 32.2. The van der Waals surface area contributed by atoms with Crippen LogP contribution in [0.15, 0.2) is 24.3 Å². The summed E-state index contributed by atoms with van der Waals surface area (Å²) < 4.78 is 0. The van der Waals surface area contributed by atoms with E-state index in [4.69, 9.17) is 5.73 Å². The highest BCUT2D eigenvalue weighted by Gasteiger charge is 2.46. The predicted molar refractivity (Wildman–Crippen MR) is 85.0 cm³/mol. The summed E-state index contributed by atoms with van der Waals surface area (Å²) in [6.45, 7) is 6.63. The summed E-state index contributed by atoms with van der Waals surface area (Å²) in [7, 11) is 0. The summed E-state index contributed by atoms with van der Waals surface area (Å²) >= 11 is 2.08. The van der Waals surface area contributed by atoms with Crippen molar-refractivity contribution in [1.29, 1.82) is 0 Å². The monoisotopic (exact) mass is 276 g/mol. The maximum absolute atomic E-state index is 6.24. The summed E-state index contributed by atoms with van der Waals surface area (Å²) in [6, 6.07) is 8.90. The van der Waals surface area contributed by atoms with E-state index in [2.05, 4.69) is 54.8 Å². The van der Waals surface area contributed by atoms with E-state index >= 15 is 0 Å². The highest BCUT2D eigenvalue weighted by Crippen LogP contribution is 2.44. The molecule has 0 aliphatic carbocycles. The summed E-state index contributed by atoms with van der Waals surface area (Å²) in [5, 5.41) is 0.621. The van der Waals surface area contributed by atoms with Gasteiger partial charge < -0.3 is 10.6 Å². The van der Waals surface area contributed by atoms with Gasteiger partial charge in [-0.25, -0.2) is 0 Å². The number of para-hydroxylation sites is 1. The number of nitrogens with zero attached hydrogens (tertiary/aromatic N) is 1. The zero-order chi connectivity index (χ0) is 13.5. The van der Waals surface area contributed by atoms with Gasteiger partial charge in [0, 0.05) is 24.0 Å². The molecule has 3 unspecified atom stereocenters. The van der Waals surface area contributed by atoms with Crippen molar-refractivity contribution < 1.29 is 0 Å². The number of anilines is 1. The molecular weight excluding hydrogens is 252 g/mol. The van der Waals surface area contributed by atoms with Crippen molar-refractivity contribution in [3.05, 3.63) is 29.8 Å². The SMILES string of the molecule is CC1Cc2ccccc2N(C2(CN)CCSC2C)C1. The van der Waals surface area contributed by atoms with Crippen LogP contribution in [0.4, 0.5) is 5.69 Å². The van der Waals surface area contributed by atoms with Gasteiger partial charge in [-0.1, -0.05) is 32.0 Å². The Kier molecular flexibility index (Phi) is 3.52. The van der Waals surface area contributed by atoms with E-state index in [9.17, 15) is 0 Å². The minimum atomic E-state index is 0.162. The van der Waals surface area contributed by atoms with Crippen LogP contribution in [-0.4, -0.2) is 29.6 Å². The van der Waals surface area contributed by atoms with E-state index in [1.165, 1.54) is 29.8 Å². The van der Waals surface area contributed by atoms with Gasteiger partial charge in [0.05, 0.1) is 5.54 Å². The molecule has 0 saturated carbocycles. The average Bonchev–Trinajstić information content (AvgIpc) is 2.80. The number of nitrogens with two attached hydrogens (primary N) is 1. The first-order valence-electron chi connectivity index (χ1n) is 7.34. The molecule has 1 saturated heterocycles. The molecule has 0 radical (unpaired) electrons. The van der Waals surface area contributed by atoms with Gasteiger partial charge in [-0.15, -0.1) is 0 Å². The molecule has 1 aromatic rings. The molecule has 0 spiro atoms. The van der Waals surface area contributed by atoms with Crippen molar-refractivity contribution >= 4 is 17.4 Å². The van der Waals surface area contributed by atoms with E-state index in [1.54, 1.807) is 0 Å². The second-order valence-corrected chi connectivity index (χ2v) is 7.57. The third kappa shape index (κ3) is 2.07. The Bertz CT molecular complexity index is 462. The first-order chi connectivity index (χ1) is 9.17. The van der Waals surface area contributed by atoms with Crippen molar-refractivity contribution in [3.63, 3.8) is 0 Å². The maximum Gasteiger partial charge on any atom is 0.0647 e. The Morgan fingerprint density at radius 1 is 1.37 bits per heavy atom. The van der Waals surface area contributed by atoms with E-state index in [0.29, 0.717) is 5.25 Å². The Morgan fingerprint density at radius 3 is 2.84 bits per heavy atom. The minimum absolute atomic E-state index is 0.162. The Morgan fingerprint density at radius 2 is 2.16 bits per heavy atom. The summed E-state index contributed by atoms with van der Waals surface area (Å²) in [6.07, 6.45) is 2.42. The fourth-order valence-electron chi connectivity index (χ4n) is 3.72. The predicted octanol–water partition coefficient (Wildman–Crippen LogP) is 2.91. The van der Waals surface area contributed by atoms with Gasteiger partial charge in [0.25, 0.3) is 0 Å². The van der Waals surface area contributed by atoms with Gasteiger partial charge in [-0.05, 0) is 36.1 Å². The number of hydrogen-bond acceptors (Lipinski definition) is 3. The topological polar surface area (TPSA) is 29.3 Å². The molecule has 0 amide bonds. The molecule has 2 heterocycles. The quantitative estimate of drug-likeness (QED) is 0.900. The lowest BCUT2D eigenvalue weighted by Crippen LogP contribution is -2.60. The van der Waals surface area contributed by atoms with Crippen LogP contribution in [0.25, 0.3) is 0 Å². The van der Waals surface area contributed by atoms with Crippen LogP contribution in [0.1, 0.15) is 25.8 Å². The van der Waals surface area contributed by atoms with Crippen molar-refractivity contribution in [2.45, 2.75) is 37.5 Å². The normalized spacial score (nSPS) is 34.4. The molecule has 3 atom stereocenters. The average molecular weight is 276 g/mol. The van der Waals surface area contributed by atoms with Gasteiger partial charge in [-0.3, -0.25) is 0 Å². The minimum Gasteiger partial charge on any atom is -0.363 e. The third-order valence-corrected chi connectivity index (χ3v) is 6.27. The van der Waals surface area contributed by atoms with Crippen LogP contribution in [-0.2, 0) is 6.42 Å². The van der Waals surface area contributed by atoms with Crippen molar-refractivity contribution in [2.24, 2.45) is 11.7 Å². The fraction of sp³-hybridized carbons (Fsp3) is 0.625. The molecule has 2 aliphatic rings. The maximum atomic E-state index is 6.24. The van der Waals surface area contributed by atoms with Crippen molar-refractivity contribution in [3.8, 4) is 0 Å². The number of fused-ring (bicyclic) bond motifs is 1. The lowest BCUT2D eigenvalue weighted by molar-refractivity contribution is 0.359. The summed E-state index contributed by atoms with van der Waals surface area (Å²) in [4.78, 5) is 2.64. The van der Waals surface area contributed by atoms with Crippen LogP contribution in [0.2, 0.25) is 0 Å². The largest absolute Gasteiger partial charge is 0.363 e. The molecule has 2 N–H and O–H groups in total. The third-order valence-electron chi connectivity index (χ3n) is 4.90. The van der Waals surface area contributed by atoms with Gasteiger partial charge >= 0.3 is 0 Å². The van der Waals surface area contributed by atoms with Crippen LogP contribution in [0, 0.1) is 5.92 Å². The smallest absolute Gasteiger partial charge is 0.0647 e. The molecule has 0 aromatic heterocycles. The molecule has 0 bridgehead atoms. The van der Waals surface area contributed by atoms with Crippen LogP contribution in [0.3, 0.4) is 0 Å². The highest BCUT2D eigenvalue weighted by molar-refractivity contribution is 8.00. The van der Waals surface area contributed by atoms with Crippen LogP contribution >= 0.6 is 11.8 Å². The number of rotatable bonds is 2. The number of benzene rings is 1.